The maximum atomic E-state index is 6.14. The van der Waals surface area contributed by atoms with E-state index in [2.05, 4.69) is 31.4 Å². The number of aromatic nitrogens is 3. The van der Waals surface area contributed by atoms with Crippen LogP contribution in [-0.4, -0.2) is 76.0 Å². The molecule has 2 saturated heterocycles. The summed E-state index contributed by atoms with van der Waals surface area (Å²) in [5.41, 5.74) is 1.25. The molecule has 9 heteroatoms. The van der Waals surface area contributed by atoms with Crippen molar-refractivity contribution in [2.24, 2.45) is 12.0 Å². The van der Waals surface area contributed by atoms with Gasteiger partial charge >= 0.3 is 0 Å². The maximum absolute atomic E-state index is 6.14. The quantitative estimate of drug-likeness (QED) is 0.543. The van der Waals surface area contributed by atoms with E-state index in [0.29, 0.717) is 6.54 Å². The van der Waals surface area contributed by atoms with Gasteiger partial charge in [0.1, 0.15) is 12.4 Å². The van der Waals surface area contributed by atoms with Crippen LogP contribution in [-0.2, 0) is 24.9 Å². The fraction of sp³-hybridized carbons (Fsp3) is 0.591. The first-order valence-corrected chi connectivity index (χ1v) is 11.4. The second-order valence-corrected chi connectivity index (χ2v) is 8.71. The minimum Gasteiger partial charge on any atom is -0.376 e. The van der Waals surface area contributed by atoms with Gasteiger partial charge in [0, 0.05) is 57.9 Å². The number of aliphatic imine (C=N–C) groups is 1. The SMILES string of the molecule is Cc1nnc(CN=C(NCC2CCCO2)N2CCN(Cc3cccc(Cl)c3)CC2)n1C. The number of hydrogen-bond donors (Lipinski definition) is 1. The maximum Gasteiger partial charge on any atom is 0.194 e. The minimum absolute atomic E-state index is 0.270. The Labute approximate surface area is 189 Å². The fourth-order valence-corrected chi connectivity index (χ4v) is 4.24. The van der Waals surface area contributed by atoms with Gasteiger partial charge in [0.25, 0.3) is 0 Å². The van der Waals surface area contributed by atoms with Crippen LogP contribution in [0.5, 0.6) is 0 Å². The lowest BCUT2D eigenvalue weighted by Gasteiger charge is -2.37. The normalized spacial score (nSPS) is 20.4. The van der Waals surface area contributed by atoms with Crippen molar-refractivity contribution in [1.82, 2.24) is 29.9 Å². The lowest BCUT2D eigenvalue weighted by atomic mass is 10.2. The molecule has 8 nitrogen and oxygen atoms in total. The molecule has 2 aromatic rings. The Bertz CT molecular complexity index is 886. The zero-order valence-corrected chi connectivity index (χ0v) is 19.2. The van der Waals surface area contributed by atoms with E-state index < -0.39 is 0 Å². The zero-order chi connectivity index (χ0) is 21.6. The molecule has 0 radical (unpaired) electrons. The average Bonchev–Trinajstić information content (AvgIpc) is 3.40. The highest BCUT2D eigenvalue weighted by Gasteiger charge is 2.22. The number of hydrogen-bond acceptors (Lipinski definition) is 5. The molecule has 1 aromatic carbocycles. The molecular formula is C22H32ClN7O. The first-order chi connectivity index (χ1) is 15.1. The van der Waals surface area contributed by atoms with Crippen LogP contribution < -0.4 is 5.32 Å². The predicted octanol–water partition coefficient (Wildman–Crippen LogP) is 2.22. The monoisotopic (exact) mass is 445 g/mol. The highest BCUT2D eigenvalue weighted by Crippen LogP contribution is 2.15. The third-order valence-corrected chi connectivity index (χ3v) is 6.27. The molecule has 1 N–H and O–H groups in total. The molecule has 0 saturated carbocycles. The number of nitrogens with one attached hydrogen (secondary N) is 1. The van der Waals surface area contributed by atoms with E-state index in [1.54, 1.807) is 0 Å². The van der Waals surface area contributed by atoms with E-state index in [1.807, 2.05) is 36.7 Å². The van der Waals surface area contributed by atoms with Crippen molar-refractivity contribution in [3.05, 3.63) is 46.5 Å². The zero-order valence-electron chi connectivity index (χ0n) is 18.4. The summed E-state index contributed by atoms with van der Waals surface area (Å²) in [6, 6.07) is 8.12. The van der Waals surface area contributed by atoms with Gasteiger partial charge in [-0.05, 0) is 37.5 Å². The van der Waals surface area contributed by atoms with Gasteiger partial charge in [0.2, 0.25) is 0 Å². The van der Waals surface area contributed by atoms with E-state index in [4.69, 9.17) is 21.3 Å². The molecule has 1 aromatic heterocycles. The van der Waals surface area contributed by atoms with Crippen LogP contribution in [0.3, 0.4) is 0 Å². The third kappa shape index (κ3) is 5.96. The van der Waals surface area contributed by atoms with Gasteiger partial charge in [-0.15, -0.1) is 10.2 Å². The van der Waals surface area contributed by atoms with Crippen LogP contribution in [0.15, 0.2) is 29.3 Å². The Balaban J connectivity index is 1.37. The molecule has 3 heterocycles. The van der Waals surface area contributed by atoms with Crippen LogP contribution in [0.1, 0.15) is 30.1 Å². The Hall–Kier alpha value is -2.16. The van der Waals surface area contributed by atoms with Crippen molar-refractivity contribution in [2.75, 3.05) is 39.3 Å². The predicted molar refractivity (Wildman–Crippen MR) is 122 cm³/mol. The van der Waals surface area contributed by atoms with Crippen molar-refractivity contribution in [3.63, 3.8) is 0 Å². The fourth-order valence-electron chi connectivity index (χ4n) is 4.02. The summed E-state index contributed by atoms with van der Waals surface area (Å²) in [6.45, 7) is 8.85. The van der Waals surface area contributed by atoms with Gasteiger partial charge in [0.15, 0.2) is 11.8 Å². The Kier molecular flexibility index (Phi) is 7.42. The van der Waals surface area contributed by atoms with Crippen LogP contribution >= 0.6 is 11.6 Å². The molecule has 0 spiro atoms. The number of guanidine groups is 1. The number of aryl methyl sites for hydroxylation is 1. The van der Waals surface area contributed by atoms with Gasteiger partial charge in [-0.25, -0.2) is 4.99 Å². The molecule has 0 amide bonds. The summed E-state index contributed by atoms with van der Waals surface area (Å²) in [5.74, 6) is 2.70. The van der Waals surface area contributed by atoms with Crippen molar-refractivity contribution < 1.29 is 4.74 Å². The largest absolute Gasteiger partial charge is 0.376 e. The van der Waals surface area contributed by atoms with E-state index in [1.165, 1.54) is 5.56 Å². The van der Waals surface area contributed by atoms with Gasteiger partial charge in [0.05, 0.1) is 6.10 Å². The number of nitrogens with zero attached hydrogens (tertiary/aromatic N) is 6. The van der Waals surface area contributed by atoms with Gasteiger partial charge in [-0.2, -0.15) is 0 Å². The molecule has 2 aliphatic heterocycles. The number of ether oxygens (including phenoxy) is 1. The molecule has 4 rings (SSSR count). The van der Waals surface area contributed by atoms with Crippen molar-refractivity contribution in [1.29, 1.82) is 0 Å². The van der Waals surface area contributed by atoms with Gasteiger partial charge < -0.3 is 19.5 Å². The van der Waals surface area contributed by atoms with E-state index in [-0.39, 0.29) is 6.10 Å². The highest BCUT2D eigenvalue weighted by molar-refractivity contribution is 6.30. The molecule has 0 bridgehead atoms. The van der Waals surface area contributed by atoms with E-state index in [0.717, 1.165) is 81.3 Å². The number of piperazine rings is 1. The number of halogens is 1. The van der Waals surface area contributed by atoms with Crippen molar-refractivity contribution in [2.45, 2.75) is 39.0 Å². The first-order valence-electron chi connectivity index (χ1n) is 11.0. The molecule has 0 aliphatic carbocycles. The van der Waals surface area contributed by atoms with Crippen molar-refractivity contribution in [3.8, 4) is 0 Å². The lowest BCUT2D eigenvalue weighted by Crippen LogP contribution is -2.53. The smallest absolute Gasteiger partial charge is 0.194 e. The van der Waals surface area contributed by atoms with Gasteiger partial charge in [-0.1, -0.05) is 23.7 Å². The number of benzene rings is 1. The van der Waals surface area contributed by atoms with Crippen LogP contribution in [0.4, 0.5) is 0 Å². The van der Waals surface area contributed by atoms with Crippen molar-refractivity contribution >= 4 is 17.6 Å². The third-order valence-electron chi connectivity index (χ3n) is 6.03. The van der Waals surface area contributed by atoms with Crippen LogP contribution in [0.2, 0.25) is 5.02 Å². The molecule has 2 fully saturated rings. The minimum atomic E-state index is 0.270. The average molecular weight is 446 g/mol. The molecule has 1 atom stereocenters. The highest BCUT2D eigenvalue weighted by atomic mass is 35.5. The lowest BCUT2D eigenvalue weighted by molar-refractivity contribution is 0.112. The summed E-state index contributed by atoms with van der Waals surface area (Å²) < 4.78 is 7.78. The molecule has 2 aliphatic rings. The molecular weight excluding hydrogens is 414 g/mol. The summed E-state index contributed by atoms with van der Waals surface area (Å²) in [6.07, 6.45) is 2.52. The molecule has 1 unspecified atom stereocenters. The summed E-state index contributed by atoms with van der Waals surface area (Å²) in [4.78, 5) is 9.69. The Morgan fingerprint density at radius 1 is 1.26 bits per heavy atom. The molecule has 31 heavy (non-hydrogen) atoms. The summed E-state index contributed by atoms with van der Waals surface area (Å²) in [7, 11) is 1.98. The van der Waals surface area contributed by atoms with E-state index in [9.17, 15) is 0 Å². The molecule has 168 valence electrons. The van der Waals surface area contributed by atoms with Crippen LogP contribution in [0.25, 0.3) is 0 Å². The second-order valence-electron chi connectivity index (χ2n) is 8.27. The summed E-state index contributed by atoms with van der Waals surface area (Å²) in [5, 5.41) is 12.7. The van der Waals surface area contributed by atoms with E-state index >= 15 is 0 Å². The first kappa shape index (κ1) is 22.0. The van der Waals surface area contributed by atoms with Crippen LogP contribution in [0, 0.1) is 6.92 Å². The Morgan fingerprint density at radius 3 is 2.77 bits per heavy atom. The van der Waals surface area contributed by atoms with Gasteiger partial charge in [-0.3, -0.25) is 4.90 Å². The standard InChI is InChI=1S/C22H32ClN7O/c1-17-26-27-21(28(17)2)15-25-22(24-14-20-7-4-12-31-20)30-10-8-29(9-11-30)16-18-5-3-6-19(23)13-18/h3,5-6,13,20H,4,7-12,14-16H2,1-2H3,(H,24,25). The second kappa shape index (κ2) is 10.4. The topological polar surface area (TPSA) is 70.8 Å². The summed E-state index contributed by atoms with van der Waals surface area (Å²) >= 11 is 6.14. The number of rotatable bonds is 6. The Morgan fingerprint density at radius 2 is 2.10 bits per heavy atom.